The van der Waals surface area contributed by atoms with Gasteiger partial charge in [-0.15, -0.1) is 0 Å². The van der Waals surface area contributed by atoms with Crippen molar-refractivity contribution in [2.24, 2.45) is 0 Å². The highest BCUT2D eigenvalue weighted by Gasteiger charge is 2.31. The summed E-state index contributed by atoms with van der Waals surface area (Å²) in [5, 5.41) is 12.8. The Balaban J connectivity index is 1.40. The van der Waals surface area contributed by atoms with Crippen molar-refractivity contribution in [2.45, 2.75) is 25.7 Å². The molecule has 2 aromatic carbocycles. The number of halogens is 1. The quantitative estimate of drug-likeness (QED) is 0.311. The number of unbranched alkanes of at least 4 members (excludes halogenated alkanes) is 2. The molecular formula is C22H21ClN2O3S2. The Bertz CT molecular complexity index is 959. The summed E-state index contributed by atoms with van der Waals surface area (Å²) in [6.07, 6.45) is 4.52. The first-order valence-electron chi connectivity index (χ1n) is 9.52. The number of phenols is 1. The van der Waals surface area contributed by atoms with Gasteiger partial charge in [0.1, 0.15) is 10.1 Å². The van der Waals surface area contributed by atoms with Crippen molar-refractivity contribution in [1.29, 1.82) is 0 Å². The van der Waals surface area contributed by atoms with E-state index in [0.717, 1.165) is 30.5 Å². The number of aromatic hydroxyl groups is 1. The third-order valence-corrected chi connectivity index (χ3v) is 6.11. The van der Waals surface area contributed by atoms with E-state index in [-0.39, 0.29) is 17.6 Å². The molecular weight excluding hydrogens is 440 g/mol. The minimum absolute atomic E-state index is 0.0419. The summed E-state index contributed by atoms with van der Waals surface area (Å²) in [7, 11) is 0. The molecule has 1 aliphatic heterocycles. The molecule has 0 bridgehead atoms. The predicted molar refractivity (Wildman–Crippen MR) is 127 cm³/mol. The number of hydrogen-bond acceptors (Lipinski definition) is 5. The lowest BCUT2D eigenvalue weighted by atomic mass is 10.1. The molecule has 0 radical (unpaired) electrons. The average Bonchev–Trinajstić information content (AvgIpc) is 2.98. The van der Waals surface area contributed by atoms with E-state index in [0.29, 0.717) is 27.2 Å². The highest BCUT2D eigenvalue weighted by atomic mass is 35.5. The number of anilines is 1. The Labute approximate surface area is 190 Å². The third kappa shape index (κ3) is 6.32. The number of nitrogens with one attached hydrogen (secondary N) is 1. The van der Waals surface area contributed by atoms with Gasteiger partial charge in [0.15, 0.2) is 0 Å². The molecule has 5 nitrogen and oxygen atoms in total. The molecule has 30 heavy (non-hydrogen) atoms. The molecule has 0 saturated carbocycles. The summed E-state index contributed by atoms with van der Waals surface area (Å²) in [6, 6.07) is 13.6. The molecule has 1 saturated heterocycles. The fourth-order valence-electron chi connectivity index (χ4n) is 2.90. The topological polar surface area (TPSA) is 69.6 Å². The van der Waals surface area contributed by atoms with Crippen molar-refractivity contribution in [3.63, 3.8) is 0 Å². The molecule has 0 atom stereocenters. The van der Waals surface area contributed by atoms with Gasteiger partial charge in [-0.2, -0.15) is 0 Å². The second-order valence-electron chi connectivity index (χ2n) is 6.79. The monoisotopic (exact) mass is 460 g/mol. The SMILES string of the molecule is O=C(CCCCCN1C(=O)/C(=C/c2ccc(O)cc2)SC1=S)Nc1ccc(Cl)cc1. The summed E-state index contributed by atoms with van der Waals surface area (Å²) in [5.74, 6) is 0.0415. The molecule has 156 valence electrons. The maximum Gasteiger partial charge on any atom is 0.266 e. The van der Waals surface area contributed by atoms with Crippen molar-refractivity contribution < 1.29 is 14.7 Å². The van der Waals surface area contributed by atoms with Gasteiger partial charge in [0.05, 0.1) is 4.91 Å². The van der Waals surface area contributed by atoms with Crippen LogP contribution in [0.25, 0.3) is 6.08 Å². The van der Waals surface area contributed by atoms with Gasteiger partial charge in [0.25, 0.3) is 5.91 Å². The van der Waals surface area contributed by atoms with E-state index in [2.05, 4.69) is 5.32 Å². The molecule has 1 fully saturated rings. The van der Waals surface area contributed by atoms with Crippen LogP contribution in [0.1, 0.15) is 31.2 Å². The molecule has 2 N–H and O–H groups in total. The molecule has 0 aliphatic carbocycles. The van der Waals surface area contributed by atoms with Crippen LogP contribution in [0.15, 0.2) is 53.4 Å². The van der Waals surface area contributed by atoms with Crippen LogP contribution in [0.2, 0.25) is 5.02 Å². The lowest BCUT2D eigenvalue weighted by Gasteiger charge is -2.14. The van der Waals surface area contributed by atoms with Crippen LogP contribution >= 0.6 is 35.6 Å². The van der Waals surface area contributed by atoms with Gasteiger partial charge in [0, 0.05) is 23.7 Å². The number of rotatable bonds is 8. The smallest absolute Gasteiger partial charge is 0.266 e. The highest BCUT2D eigenvalue weighted by molar-refractivity contribution is 8.26. The van der Waals surface area contributed by atoms with Crippen LogP contribution in [0.3, 0.4) is 0 Å². The van der Waals surface area contributed by atoms with E-state index in [9.17, 15) is 14.7 Å². The van der Waals surface area contributed by atoms with Crippen molar-refractivity contribution in [2.75, 3.05) is 11.9 Å². The predicted octanol–water partition coefficient (Wildman–Crippen LogP) is 5.45. The van der Waals surface area contributed by atoms with E-state index in [1.807, 2.05) is 0 Å². The fraction of sp³-hybridized carbons (Fsp3) is 0.227. The van der Waals surface area contributed by atoms with Crippen LogP contribution in [0, 0.1) is 0 Å². The Morgan fingerprint density at radius 3 is 2.50 bits per heavy atom. The first kappa shape index (κ1) is 22.3. The van der Waals surface area contributed by atoms with Gasteiger partial charge in [-0.3, -0.25) is 14.5 Å². The van der Waals surface area contributed by atoms with Crippen molar-refractivity contribution in [3.05, 3.63) is 64.0 Å². The first-order valence-corrected chi connectivity index (χ1v) is 11.1. The number of carbonyl (C=O) groups excluding carboxylic acids is 2. The van der Waals surface area contributed by atoms with Gasteiger partial charge in [-0.1, -0.05) is 54.1 Å². The van der Waals surface area contributed by atoms with Crippen LogP contribution in [0.4, 0.5) is 5.69 Å². The molecule has 0 unspecified atom stereocenters. The van der Waals surface area contributed by atoms with Crippen LogP contribution < -0.4 is 5.32 Å². The van der Waals surface area contributed by atoms with Gasteiger partial charge < -0.3 is 10.4 Å². The number of thiocarbonyl (C=S) groups is 1. The Morgan fingerprint density at radius 1 is 1.10 bits per heavy atom. The first-order chi connectivity index (χ1) is 14.4. The molecule has 0 aromatic heterocycles. The Hall–Kier alpha value is -2.35. The number of thioether (sulfide) groups is 1. The number of amides is 2. The van der Waals surface area contributed by atoms with E-state index >= 15 is 0 Å². The third-order valence-electron chi connectivity index (χ3n) is 4.48. The maximum atomic E-state index is 12.6. The van der Waals surface area contributed by atoms with Gasteiger partial charge in [-0.25, -0.2) is 0 Å². The molecule has 1 heterocycles. The molecule has 0 spiro atoms. The average molecular weight is 461 g/mol. The molecule has 2 amide bonds. The summed E-state index contributed by atoms with van der Waals surface area (Å²) >= 11 is 12.5. The zero-order valence-corrected chi connectivity index (χ0v) is 18.5. The maximum absolute atomic E-state index is 12.6. The van der Waals surface area contributed by atoms with E-state index in [1.54, 1.807) is 59.5 Å². The highest BCUT2D eigenvalue weighted by Crippen LogP contribution is 2.33. The minimum atomic E-state index is -0.0986. The van der Waals surface area contributed by atoms with Crippen molar-refractivity contribution in [3.8, 4) is 5.75 Å². The number of nitrogens with zero attached hydrogens (tertiary/aromatic N) is 1. The summed E-state index contributed by atoms with van der Waals surface area (Å²) in [6.45, 7) is 0.538. The van der Waals surface area contributed by atoms with E-state index in [4.69, 9.17) is 23.8 Å². The normalized spacial score (nSPS) is 15.1. The van der Waals surface area contributed by atoms with Gasteiger partial charge >= 0.3 is 0 Å². The molecule has 8 heteroatoms. The summed E-state index contributed by atoms with van der Waals surface area (Å²) < 4.78 is 0.547. The summed E-state index contributed by atoms with van der Waals surface area (Å²) in [5.41, 5.74) is 1.56. The molecule has 3 rings (SSSR count). The Kier molecular flexibility index (Phi) is 7.90. The minimum Gasteiger partial charge on any atom is -0.508 e. The second-order valence-corrected chi connectivity index (χ2v) is 8.90. The molecule has 1 aliphatic rings. The van der Waals surface area contributed by atoms with Crippen LogP contribution in [-0.2, 0) is 9.59 Å². The van der Waals surface area contributed by atoms with Crippen molar-refractivity contribution in [1.82, 2.24) is 4.90 Å². The zero-order valence-electron chi connectivity index (χ0n) is 16.1. The van der Waals surface area contributed by atoms with Gasteiger partial charge in [0.2, 0.25) is 5.91 Å². The zero-order chi connectivity index (χ0) is 21.5. The number of carbonyl (C=O) groups is 2. The van der Waals surface area contributed by atoms with Gasteiger partial charge in [-0.05, 0) is 60.9 Å². The van der Waals surface area contributed by atoms with Crippen molar-refractivity contribution >= 4 is 63.5 Å². The second kappa shape index (κ2) is 10.6. The lowest BCUT2D eigenvalue weighted by Crippen LogP contribution is -2.29. The van der Waals surface area contributed by atoms with E-state index in [1.165, 1.54) is 11.8 Å². The number of hydrogen-bond donors (Lipinski definition) is 2. The van der Waals surface area contributed by atoms with E-state index < -0.39 is 0 Å². The Morgan fingerprint density at radius 2 is 1.80 bits per heavy atom. The van der Waals surface area contributed by atoms with Crippen LogP contribution in [-0.4, -0.2) is 32.7 Å². The van der Waals surface area contributed by atoms with Crippen LogP contribution in [0.5, 0.6) is 5.75 Å². The fourth-order valence-corrected chi connectivity index (χ4v) is 4.34. The number of benzene rings is 2. The number of phenolic OH excluding ortho intramolecular Hbond substituents is 1. The lowest BCUT2D eigenvalue weighted by molar-refractivity contribution is -0.122. The summed E-state index contributed by atoms with van der Waals surface area (Å²) in [4.78, 5) is 26.8. The molecule has 2 aromatic rings. The standard InChI is InChI=1S/C22H21ClN2O3S2/c23-16-7-9-17(10-8-16)24-20(27)4-2-1-3-13-25-21(28)19(30-22(25)29)14-15-5-11-18(26)12-6-15/h5-12,14,26H,1-4,13H2,(H,24,27)/b19-14-. The largest absolute Gasteiger partial charge is 0.508 e.